The van der Waals surface area contributed by atoms with E-state index in [9.17, 15) is 9.18 Å². The first-order valence-corrected chi connectivity index (χ1v) is 6.06. The Hall–Kier alpha value is -2.17. The molecule has 0 atom stereocenters. The van der Waals surface area contributed by atoms with E-state index < -0.39 is 11.6 Å². The summed E-state index contributed by atoms with van der Waals surface area (Å²) in [4.78, 5) is 16.3. The second kappa shape index (κ2) is 5.65. The molecule has 0 aliphatic heterocycles. The van der Waals surface area contributed by atoms with Gasteiger partial charge in [0.25, 0.3) is 0 Å². The summed E-state index contributed by atoms with van der Waals surface area (Å²) in [5, 5.41) is 0. The van der Waals surface area contributed by atoms with Gasteiger partial charge >= 0.3 is 0 Å². The summed E-state index contributed by atoms with van der Waals surface area (Å²) in [5.74, 6) is -0.383. The molecule has 0 saturated heterocycles. The Balaban J connectivity index is 2.36. The fourth-order valence-corrected chi connectivity index (χ4v) is 1.87. The third-order valence-electron chi connectivity index (χ3n) is 2.80. The number of carbonyl (C=O) groups excluding carboxylic acids is 1. The molecule has 100 valence electrons. The molecule has 0 aliphatic carbocycles. The third kappa shape index (κ3) is 2.65. The van der Waals surface area contributed by atoms with Crippen LogP contribution in [0.5, 0.6) is 5.75 Å². The minimum Gasteiger partial charge on any atom is -0.497 e. The van der Waals surface area contributed by atoms with Gasteiger partial charge < -0.3 is 9.30 Å². The van der Waals surface area contributed by atoms with Gasteiger partial charge in [-0.05, 0) is 18.6 Å². The van der Waals surface area contributed by atoms with Crippen LogP contribution in [0.4, 0.5) is 4.39 Å². The lowest BCUT2D eigenvalue weighted by Gasteiger charge is -2.07. The molecule has 2 rings (SSSR count). The first-order valence-electron chi connectivity index (χ1n) is 6.06. The van der Waals surface area contributed by atoms with Crippen LogP contribution in [0.2, 0.25) is 0 Å². The van der Waals surface area contributed by atoms with Gasteiger partial charge in [-0.25, -0.2) is 9.37 Å². The van der Waals surface area contributed by atoms with E-state index in [0.717, 1.165) is 6.42 Å². The van der Waals surface area contributed by atoms with Crippen LogP contribution in [0.25, 0.3) is 0 Å². The number of carbonyl (C=O) groups is 1. The SMILES string of the molecule is CCCn1ccnc1C(=O)c1ccc(OC)cc1F. The summed E-state index contributed by atoms with van der Waals surface area (Å²) in [7, 11) is 1.45. The topological polar surface area (TPSA) is 44.1 Å². The average Bonchev–Trinajstić information content (AvgIpc) is 2.86. The monoisotopic (exact) mass is 262 g/mol. The standard InChI is InChI=1S/C14H15FN2O2/c1-3-7-17-8-6-16-14(17)13(18)11-5-4-10(19-2)9-12(11)15/h4-6,8-9H,3,7H2,1-2H3. The van der Waals surface area contributed by atoms with Crippen LogP contribution in [-0.4, -0.2) is 22.4 Å². The van der Waals surface area contributed by atoms with Gasteiger partial charge in [-0.2, -0.15) is 0 Å². The number of ether oxygens (including phenoxy) is 1. The molecular weight excluding hydrogens is 247 g/mol. The Morgan fingerprint density at radius 2 is 2.26 bits per heavy atom. The first-order chi connectivity index (χ1) is 9.17. The molecule has 0 saturated carbocycles. The van der Waals surface area contributed by atoms with E-state index in [4.69, 9.17) is 4.74 Å². The fraction of sp³-hybridized carbons (Fsp3) is 0.286. The van der Waals surface area contributed by atoms with Crippen molar-refractivity contribution in [2.75, 3.05) is 7.11 Å². The first kappa shape index (κ1) is 13.3. The van der Waals surface area contributed by atoms with Gasteiger partial charge in [0.05, 0.1) is 12.7 Å². The van der Waals surface area contributed by atoms with Gasteiger partial charge in [0.2, 0.25) is 5.78 Å². The van der Waals surface area contributed by atoms with Crippen LogP contribution >= 0.6 is 0 Å². The van der Waals surface area contributed by atoms with Crippen LogP contribution < -0.4 is 4.74 Å². The van der Waals surface area contributed by atoms with Gasteiger partial charge in [0, 0.05) is 25.0 Å². The summed E-state index contributed by atoms with van der Waals surface area (Å²) < 4.78 is 20.5. The number of imidazole rings is 1. The van der Waals surface area contributed by atoms with E-state index >= 15 is 0 Å². The Morgan fingerprint density at radius 1 is 1.47 bits per heavy atom. The molecule has 0 fully saturated rings. The highest BCUT2D eigenvalue weighted by Gasteiger charge is 2.19. The van der Waals surface area contributed by atoms with Crippen molar-refractivity contribution in [2.45, 2.75) is 19.9 Å². The Kier molecular flexibility index (Phi) is 3.94. The zero-order valence-electron chi connectivity index (χ0n) is 10.9. The van der Waals surface area contributed by atoms with E-state index in [-0.39, 0.29) is 11.4 Å². The predicted molar refractivity (Wildman–Crippen MR) is 68.9 cm³/mol. The lowest BCUT2D eigenvalue weighted by atomic mass is 10.1. The zero-order valence-corrected chi connectivity index (χ0v) is 10.9. The Bertz CT molecular complexity index is 593. The number of aryl methyl sites for hydroxylation is 1. The highest BCUT2D eigenvalue weighted by Crippen LogP contribution is 2.18. The summed E-state index contributed by atoms with van der Waals surface area (Å²) in [5.41, 5.74) is 0.00403. The minimum absolute atomic E-state index is 0.00403. The van der Waals surface area contributed by atoms with Crippen LogP contribution in [0.1, 0.15) is 29.5 Å². The minimum atomic E-state index is -0.601. The molecule has 0 N–H and O–H groups in total. The van der Waals surface area contributed by atoms with E-state index in [0.29, 0.717) is 12.3 Å². The molecule has 0 unspecified atom stereocenters. The number of ketones is 1. The molecule has 0 radical (unpaired) electrons. The number of nitrogens with zero attached hydrogens (tertiary/aromatic N) is 2. The molecule has 0 bridgehead atoms. The van der Waals surface area contributed by atoms with Crippen LogP contribution in [0.15, 0.2) is 30.6 Å². The summed E-state index contributed by atoms with van der Waals surface area (Å²) in [6.07, 6.45) is 4.14. The maximum atomic E-state index is 13.9. The number of benzene rings is 1. The smallest absolute Gasteiger partial charge is 0.231 e. The van der Waals surface area contributed by atoms with E-state index in [2.05, 4.69) is 4.98 Å². The van der Waals surface area contributed by atoms with Crippen molar-refractivity contribution in [1.82, 2.24) is 9.55 Å². The third-order valence-corrected chi connectivity index (χ3v) is 2.80. The molecule has 0 aliphatic rings. The maximum Gasteiger partial charge on any atom is 0.231 e. The summed E-state index contributed by atoms with van der Waals surface area (Å²) in [6.45, 7) is 2.68. The lowest BCUT2D eigenvalue weighted by molar-refractivity contribution is 0.102. The number of methoxy groups -OCH3 is 1. The van der Waals surface area contributed by atoms with E-state index in [1.807, 2.05) is 6.92 Å². The van der Waals surface area contributed by atoms with Gasteiger partial charge in [-0.3, -0.25) is 4.79 Å². The molecule has 1 heterocycles. The molecule has 4 nitrogen and oxygen atoms in total. The Labute approximate surface area is 110 Å². The van der Waals surface area contributed by atoms with Gasteiger partial charge in [0.15, 0.2) is 5.82 Å². The molecule has 5 heteroatoms. The number of hydrogen-bond donors (Lipinski definition) is 0. The van der Waals surface area contributed by atoms with E-state index in [1.165, 1.54) is 19.2 Å². The summed E-state index contributed by atoms with van der Waals surface area (Å²) >= 11 is 0. The van der Waals surface area contributed by atoms with Crippen LogP contribution in [-0.2, 0) is 6.54 Å². The molecule has 0 spiro atoms. The number of halogens is 1. The van der Waals surface area contributed by atoms with Crippen molar-refractivity contribution in [1.29, 1.82) is 0 Å². The molecule has 1 aromatic carbocycles. The lowest BCUT2D eigenvalue weighted by Crippen LogP contribution is -2.12. The summed E-state index contributed by atoms with van der Waals surface area (Å²) in [6, 6.07) is 4.17. The average molecular weight is 262 g/mol. The maximum absolute atomic E-state index is 13.9. The van der Waals surface area contributed by atoms with Crippen molar-refractivity contribution >= 4 is 5.78 Å². The number of rotatable bonds is 5. The van der Waals surface area contributed by atoms with E-state index in [1.54, 1.807) is 23.0 Å². The number of hydrogen-bond acceptors (Lipinski definition) is 3. The quantitative estimate of drug-likeness (QED) is 0.778. The van der Waals surface area contributed by atoms with Crippen molar-refractivity contribution in [3.05, 3.63) is 47.8 Å². The van der Waals surface area contributed by atoms with Crippen LogP contribution in [0, 0.1) is 5.82 Å². The fourth-order valence-electron chi connectivity index (χ4n) is 1.87. The molecular formula is C14H15FN2O2. The van der Waals surface area contributed by atoms with Crippen LogP contribution in [0.3, 0.4) is 0 Å². The van der Waals surface area contributed by atoms with Crippen molar-refractivity contribution in [3.8, 4) is 5.75 Å². The normalized spacial score (nSPS) is 10.5. The second-order valence-electron chi connectivity index (χ2n) is 4.12. The van der Waals surface area contributed by atoms with Crippen molar-refractivity contribution < 1.29 is 13.9 Å². The largest absolute Gasteiger partial charge is 0.497 e. The van der Waals surface area contributed by atoms with Crippen molar-refractivity contribution in [3.63, 3.8) is 0 Å². The Morgan fingerprint density at radius 3 is 2.89 bits per heavy atom. The predicted octanol–water partition coefficient (Wildman–Crippen LogP) is 2.67. The van der Waals surface area contributed by atoms with Crippen molar-refractivity contribution in [2.24, 2.45) is 0 Å². The highest BCUT2D eigenvalue weighted by molar-refractivity contribution is 6.06. The molecule has 19 heavy (non-hydrogen) atoms. The molecule has 2 aromatic rings. The van der Waals surface area contributed by atoms with Gasteiger partial charge in [-0.15, -0.1) is 0 Å². The zero-order chi connectivity index (χ0) is 13.8. The van der Waals surface area contributed by atoms with Gasteiger partial charge in [0.1, 0.15) is 11.6 Å². The molecule has 0 amide bonds. The molecule has 1 aromatic heterocycles. The number of aromatic nitrogens is 2. The second-order valence-corrected chi connectivity index (χ2v) is 4.12. The highest BCUT2D eigenvalue weighted by atomic mass is 19.1. The van der Waals surface area contributed by atoms with Gasteiger partial charge in [-0.1, -0.05) is 6.92 Å².